The van der Waals surface area contributed by atoms with Gasteiger partial charge in [0.15, 0.2) is 0 Å². The molecule has 1 fully saturated rings. The number of benzene rings is 3. The zero-order valence-electron chi connectivity index (χ0n) is 17.2. The lowest BCUT2D eigenvalue weighted by Crippen LogP contribution is -2.29. The quantitative estimate of drug-likeness (QED) is 0.309. The number of Topliss-reactive ketones (excluding diaryl/α,β-unsaturated/α-hetero) is 1. The fraction of sp³-hybridized carbons (Fsp3) is 0.154. The van der Waals surface area contributed by atoms with E-state index in [-0.39, 0.29) is 11.3 Å². The molecule has 1 N–H and O–H groups in total. The van der Waals surface area contributed by atoms with Crippen LogP contribution in [0.2, 0.25) is 5.02 Å². The summed E-state index contributed by atoms with van der Waals surface area (Å²) in [6.45, 7) is 4.19. The molecule has 0 aliphatic carbocycles. The Kier molecular flexibility index (Phi) is 5.66. The van der Waals surface area contributed by atoms with E-state index in [9.17, 15) is 14.7 Å². The van der Waals surface area contributed by atoms with Crippen LogP contribution >= 0.6 is 11.6 Å². The molecule has 5 heteroatoms. The van der Waals surface area contributed by atoms with Gasteiger partial charge >= 0.3 is 0 Å². The van der Waals surface area contributed by atoms with Gasteiger partial charge in [-0.3, -0.25) is 14.5 Å². The third-order valence-electron chi connectivity index (χ3n) is 5.52. The standard InChI is InChI=1S/C26H22ClNO3/c1-16(2)17-10-14-21(15-11-17)28-23(18-6-4-3-5-7-18)22(25(30)26(28)31)24(29)19-8-12-20(27)13-9-19/h3-16,23,29H,1-2H3/b24-22+. The van der Waals surface area contributed by atoms with Crippen molar-refractivity contribution in [1.29, 1.82) is 0 Å². The van der Waals surface area contributed by atoms with Gasteiger partial charge in [-0.1, -0.05) is 67.9 Å². The zero-order valence-corrected chi connectivity index (χ0v) is 18.0. The van der Waals surface area contributed by atoms with Gasteiger partial charge in [-0.25, -0.2) is 0 Å². The molecule has 1 atom stereocenters. The maximum Gasteiger partial charge on any atom is 0.300 e. The first-order valence-electron chi connectivity index (χ1n) is 10.1. The highest BCUT2D eigenvalue weighted by molar-refractivity contribution is 6.51. The predicted octanol–water partition coefficient (Wildman–Crippen LogP) is 6.09. The van der Waals surface area contributed by atoms with Gasteiger partial charge in [0, 0.05) is 16.3 Å². The number of aliphatic hydroxyl groups is 1. The molecule has 3 aromatic carbocycles. The summed E-state index contributed by atoms with van der Waals surface area (Å²) in [5.41, 5.74) is 2.98. The van der Waals surface area contributed by atoms with Gasteiger partial charge in [0.25, 0.3) is 11.7 Å². The SMILES string of the molecule is CC(C)c1ccc(N2C(=O)C(=O)/C(=C(/O)c3ccc(Cl)cc3)C2c2ccccc2)cc1. The van der Waals surface area contributed by atoms with Crippen LogP contribution in [0.1, 0.15) is 42.5 Å². The number of amides is 1. The van der Waals surface area contributed by atoms with Crippen molar-refractivity contribution in [2.45, 2.75) is 25.8 Å². The van der Waals surface area contributed by atoms with Gasteiger partial charge in [-0.2, -0.15) is 0 Å². The fourth-order valence-corrected chi connectivity index (χ4v) is 3.96. The van der Waals surface area contributed by atoms with E-state index in [0.29, 0.717) is 22.2 Å². The molecule has 0 aromatic heterocycles. The molecule has 3 aromatic rings. The van der Waals surface area contributed by atoms with Crippen molar-refractivity contribution in [3.05, 3.63) is 106 Å². The summed E-state index contributed by atoms with van der Waals surface area (Å²) < 4.78 is 0. The van der Waals surface area contributed by atoms with Crippen LogP contribution in [0.25, 0.3) is 5.76 Å². The number of carbonyl (C=O) groups is 2. The van der Waals surface area contributed by atoms with Crippen LogP contribution < -0.4 is 4.90 Å². The summed E-state index contributed by atoms with van der Waals surface area (Å²) in [5, 5.41) is 11.6. The van der Waals surface area contributed by atoms with Crippen LogP contribution in [-0.2, 0) is 9.59 Å². The number of hydrogen-bond donors (Lipinski definition) is 1. The normalized spacial score (nSPS) is 18.1. The molecule has 31 heavy (non-hydrogen) atoms. The highest BCUT2D eigenvalue weighted by Crippen LogP contribution is 2.42. The lowest BCUT2D eigenvalue weighted by molar-refractivity contribution is -0.132. The van der Waals surface area contributed by atoms with Crippen LogP contribution in [-0.4, -0.2) is 16.8 Å². The Bertz CT molecular complexity index is 1150. The molecule has 1 heterocycles. The summed E-state index contributed by atoms with van der Waals surface area (Å²) in [4.78, 5) is 27.7. The molecular formula is C26H22ClNO3. The largest absolute Gasteiger partial charge is 0.507 e. The average molecular weight is 432 g/mol. The number of rotatable bonds is 4. The van der Waals surface area contributed by atoms with E-state index >= 15 is 0 Å². The van der Waals surface area contributed by atoms with Crippen LogP contribution in [0.3, 0.4) is 0 Å². The second-order valence-corrected chi connectivity index (χ2v) is 8.27. The lowest BCUT2D eigenvalue weighted by Gasteiger charge is -2.25. The van der Waals surface area contributed by atoms with Crippen LogP contribution in [0.4, 0.5) is 5.69 Å². The first-order valence-corrected chi connectivity index (χ1v) is 10.5. The maximum atomic E-state index is 13.1. The number of carbonyl (C=O) groups excluding carboxylic acids is 2. The summed E-state index contributed by atoms with van der Waals surface area (Å²) >= 11 is 5.96. The molecule has 1 amide bonds. The number of nitrogens with zero attached hydrogens (tertiary/aromatic N) is 1. The predicted molar refractivity (Wildman–Crippen MR) is 123 cm³/mol. The number of halogens is 1. The summed E-state index contributed by atoms with van der Waals surface area (Å²) in [6, 6.07) is 22.7. The average Bonchev–Trinajstić information content (AvgIpc) is 3.05. The van der Waals surface area contributed by atoms with E-state index in [4.69, 9.17) is 11.6 Å². The minimum absolute atomic E-state index is 0.0615. The van der Waals surface area contributed by atoms with E-state index in [1.165, 1.54) is 4.90 Å². The molecule has 4 rings (SSSR count). The first kappa shape index (κ1) is 20.9. The first-order chi connectivity index (χ1) is 14.9. The van der Waals surface area contributed by atoms with Crippen molar-refractivity contribution in [3.8, 4) is 0 Å². The summed E-state index contributed by atoms with van der Waals surface area (Å²) in [5.74, 6) is -1.25. The molecule has 1 aliphatic rings. The lowest BCUT2D eigenvalue weighted by atomic mass is 9.95. The van der Waals surface area contributed by atoms with Gasteiger partial charge in [-0.15, -0.1) is 0 Å². The molecular weight excluding hydrogens is 410 g/mol. The van der Waals surface area contributed by atoms with Gasteiger partial charge in [0.1, 0.15) is 5.76 Å². The Hall–Kier alpha value is -3.37. The molecule has 4 nitrogen and oxygen atoms in total. The maximum absolute atomic E-state index is 13.1. The molecule has 156 valence electrons. The molecule has 1 aliphatic heterocycles. The summed E-state index contributed by atoms with van der Waals surface area (Å²) in [7, 11) is 0. The van der Waals surface area contributed by atoms with Crippen molar-refractivity contribution in [2.24, 2.45) is 0 Å². The number of hydrogen-bond acceptors (Lipinski definition) is 3. The third-order valence-corrected chi connectivity index (χ3v) is 5.77. The second kappa shape index (κ2) is 8.40. The molecule has 1 saturated heterocycles. The smallest absolute Gasteiger partial charge is 0.300 e. The monoisotopic (exact) mass is 431 g/mol. The minimum atomic E-state index is -0.734. The number of aliphatic hydroxyl groups excluding tert-OH is 1. The Balaban J connectivity index is 1.89. The Morgan fingerprint density at radius 2 is 1.52 bits per heavy atom. The topological polar surface area (TPSA) is 57.6 Å². The van der Waals surface area contributed by atoms with E-state index in [1.54, 1.807) is 24.3 Å². The molecule has 0 bridgehead atoms. The van der Waals surface area contributed by atoms with E-state index < -0.39 is 17.7 Å². The van der Waals surface area contributed by atoms with Gasteiger partial charge in [0.05, 0.1) is 11.6 Å². The van der Waals surface area contributed by atoms with E-state index in [0.717, 1.165) is 11.1 Å². The van der Waals surface area contributed by atoms with E-state index in [1.807, 2.05) is 54.6 Å². The molecule has 0 saturated carbocycles. The number of ketones is 1. The van der Waals surface area contributed by atoms with Crippen molar-refractivity contribution in [3.63, 3.8) is 0 Å². The molecule has 0 spiro atoms. The van der Waals surface area contributed by atoms with E-state index in [2.05, 4.69) is 13.8 Å². The Morgan fingerprint density at radius 1 is 0.903 bits per heavy atom. The fourth-order valence-electron chi connectivity index (χ4n) is 3.83. The van der Waals surface area contributed by atoms with Crippen molar-refractivity contribution in [1.82, 2.24) is 0 Å². The van der Waals surface area contributed by atoms with Crippen molar-refractivity contribution in [2.75, 3.05) is 4.90 Å². The minimum Gasteiger partial charge on any atom is -0.507 e. The molecule has 0 radical (unpaired) electrons. The Labute approximate surface area is 186 Å². The van der Waals surface area contributed by atoms with Crippen LogP contribution in [0, 0.1) is 0 Å². The van der Waals surface area contributed by atoms with Crippen molar-refractivity contribution >= 4 is 34.7 Å². The van der Waals surface area contributed by atoms with Crippen LogP contribution in [0.15, 0.2) is 84.4 Å². The van der Waals surface area contributed by atoms with Gasteiger partial charge in [0.2, 0.25) is 0 Å². The Morgan fingerprint density at radius 3 is 2.10 bits per heavy atom. The number of anilines is 1. The van der Waals surface area contributed by atoms with Crippen LogP contribution in [0.5, 0.6) is 0 Å². The van der Waals surface area contributed by atoms with Gasteiger partial charge < -0.3 is 5.11 Å². The van der Waals surface area contributed by atoms with Gasteiger partial charge in [-0.05, 0) is 53.4 Å². The second-order valence-electron chi connectivity index (χ2n) is 7.83. The highest BCUT2D eigenvalue weighted by Gasteiger charge is 2.46. The summed E-state index contributed by atoms with van der Waals surface area (Å²) in [6.07, 6.45) is 0. The third kappa shape index (κ3) is 3.87. The highest BCUT2D eigenvalue weighted by atomic mass is 35.5. The zero-order chi connectivity index (χ0) is 22.1. The van der Waals surface area contributed by atoms with Crippen molar-refractivity contribution < 1.29 is 14.7 Å². The molecule has 1 unspecified atom stereocenters.